The average Bonchev–Trinajstić information content (AvgIpc) is 3.40. The summed E-state index contributed by atoms with van der Waals surface area (Å²) >= 11 is 0. The highest BCUT2D eigenvalue weighted by molar-refractivity contribution is 5.87. The highest BCUT2D eigenvalue weighted by atomic mass is 19.1. The van der Waals surface area contributed by atoms with Crippen LogP contribution >= 0.6 is 0 Å². The SMILES string of the molecule is Cc1c(N2CCC(C(CO)CO)C2)c(F)cc2c(=O)n(N)c(=O)n(C3CC3)c12. The molecule has 1 aromatic heterocycles. The first-order valence-electron chi connectivity index (χ1n) is 9.61. The Hall–Kier alpha value is -2.39. The first-order valence-corrected chi connectivity index (χ1v) is 9.61. The van der Waals surface area contributed by atoms with Crippen molar-refractivity contribution in [3.63, 3.8) is 0 Å². The van der Waals surface area contributed by atoms with Crippen LogP contribution in [0, 0.1) is 24.6 Å². The van der Waals surface area contributed by atoms with Crippen molar-refractivity contribution < 1.29 is 14.6 Å². The van der Waals surface area contributed by atoms with Crippen molar-refractivity contribution in [3.05, 3.63) is 38.3 Å². The molecule has 4 rings (SSSR count). The predicted molar refractivity (Wildman–Crippen MR) is 104 cm³/mol. The zero-order valence-corrected chi connectivity index (χ0v) is 15.8. The number of aromatic nitrogens is 2. The Labute approximate surface area is 160 Å². The second-order valence-corrected chi connectivity index (χ2v) is 7.91. The summed E-state index contributed by atoms with van der Waals surface area (Å²) in [7, 11) is 0. The van der Waals surface area contributed by atoms with E-state index in [1.54, 1.807) is 6.92 Å². The standard InChI is InChI=1S/C19H25FN4O4/c1-10-16-14(18(27)24(21)19(28)23(16)13-2-3-13)6-15(20)17(10)22-5-4-11(7-22)12(8-25)9-26/h6,11-13,25-26H,2-5,7-9,21H2,1H3. The summed E-state index contributed by atoms with van der Waals surface area (Å²) in [6.45, 7) is 2.56. The molecule has 1 unspecified atom stereocenters. The van der Waals surface area contributed by atoms with Gasteiger partial charge in [0.1, 0.15) is 5.82 Å². The number of anilines is 1. The van der Waals surface area contributed by atoms with Gasteiger partial charge < -0.3 is 21.0 Å². The minimum absolute atomic E-state index is 0.0260. The van der Waals surface area contributed by atoms with E-state index >= 15 is 4.39 Å². The lowest BCUT2D eigenvalue weighted by molar-refractivity contribution is 0.113. The Bertz CT molecular complexity index is 1040. The van der Waals surface area contributed by atoms with E-state index in [4.69, 9.17) is 5.84 Å². The van der Waals surface area contributed by atoms with Crippen molar-refractivity contribution in [2.75, 3.05) is 37.0 Å². The van der Waals surface area contributed by atoms with Crippen LogP contribution in [0.2, 0.25) is 0 Å². The quantitative estimate of drug-likeness (QED) is 0.622. The molecule has 2 heterocycles. The maximum Gasteiger partial charge on any atom is 0.350 e. The number of aryl methyl sites for hydroxylation is 1. The van der Waals surface area contributed by atoms with E-state index in [9.17, 15) is 19.8 Å². The molecule has 1 aliphatic heterocycles. The molecule has 152 valence electrons. The van der Waals surface area contributed by atoms with E-state index in [1.165, 1.54) is 10.6 Å². The van der Waals surface area contributed by atoms with Crippen LogP contribution in [-0.2, 0) is 0 Å². The summed E-state index contributed by atoms with van der Waals surface area (Å²) in [5.41, 5.74) is 0.0698. The highest BCUT2D eigenvalue weighted by Gasteiger charge is 2.34. The smallest absolute Gasteiger partial charge is 0.350 e. The van der Waals surface area contributed by atoms with E-state index in [0.29, 0.717) is 34.5 Å². The summed E-state index contributed by atoms with van der Waals surface area (Å²) in [4.78, 5) is 27.0. The minimum Gasteiger partial charge on any atom is -0.396 e. The fraction of sp³-hybridized carbons (Fsp3) is 0.579. The molecule has 8 nitrogen and oxygen atoms in total. The average molecular weight is 392 g/mol. The Kier molecular flexibility index (Phi) is 4.67. The molecular formula is C19H25FN4O4. The van der Waals surface area contributed by atoms with Crippen LogP contribution in [-0.4, -0.2) is 45.8 Å². The van der Waals surface area contributed by atoms with Gasteiger partial charge in [-0.15, -0.1) is 0 Å². The number of nitrogens with two attached hydrogens (primary N) is 1. The van der Waals surface area contributed by atoms with Gasteiger partial charge in [-0.25, -0.2) is 9.18 Å². The monoisotopic (exact) mass is 392 g/mol. The molecular weight excluding hydrogens is 367 g/mol. The Morgan fingerprint density at radius 3 is 2.54 bits per heavy atom. The number of hydrogen-bond donors (Lipinski definition) is 3. The Morgan fingerprint density at radius 2 is 1.93 bits per heavy atom. The molecule has 1 atom stereocenters. The lowest BCUT2D eigenvalue weighted by Crippen LogP contribution is -2.44. The van der Waals surface area contributed by atoms with Gasteiger partial charge in [0.05, 0.1) is 16.6 Å². The van der Waals surface area contributed by atoms with Crippen LogP contribution in [0.15, 0.2) is 15.7 Å². The van der Waals surface area contributed by atoms with Gasteiger partial charge in [-0.3, -0.25) is 9.36 Å². The van der Waals surface area contributed by atoms with Gasteiger partial charge in [-0.05, 0) is 38.2 Å². The number of rotatable bonds is 5. The predicted octanol–water partition coefficient (Wildman–Crippen LogP) is 0.0865. The van der Waals surface area contributed by atoms with E-state index in [1.807, 2.05) is 4.90 Å². The molecule has 1 aromatic carbocycles. The van der Waals surface area contributed by atoms with E-state index < -0.39 is 17.1 Å². The molecule has 0 amide bonds. The Morgan fingerprint density at radius 1 is 1.25 bits per heavy atom. The number of hydrogen-bond acceptors (Lipinski definition) is 6. The van der Waals surface area contributed by atoms with Crippen molar-refractivity contribution in [1.29, 1.82) is 0 Å². The number of nitrogens with zero attached hydrogens (tertiary/aromatic N) is 3. The topological polar surface area (TPSA) is 114 Å². The van der Waals surface area contributed by atoms with Gasteiger partial charge in [0, 0.05) is 43.8 Å². The summed E-state index contributed by atoms with van der Waals surface area (Å²) in [6.07, 6.45) is 2.36. The maximum absolute atomic E-state index is 15.1. The Balaban J connectivity index is 1.87. The van der Waals surface area contributed by atoms with Crippen molar-refractivity contribution in [3.8, 4) is 0 Å². The van der Waals surface area contributed by atoms with E-state index in [0.717, 1.165) is 19.3 Å². The molecule has 1 saturated carbocycles. The number of halogens is 1. The molecule has 2 fully saturated rings. The van der Waals surface area contributed by atoms with Crippen LogP contribution in [0.3, 0.4) is 0 Å². The first kappa shape index (κ1) is 18.9. The maximum atomic E-state index is 15.1. The molecule has 1 saturated heterocycles. The van der Waals surface area contributed by atoms with Gasteiger partial charge >= 0.3 is 5.69 Å². The molecule has 1 aliphatic carbocycles. The summed E-state index contributed by atoms with van der Waals surface area (Å²) in [5, 5.41) is 19.0. The van der Waals surface area contributed by atoms with Gasteiger partial charge in [-0.1, -0.05) is 0 Å². The fourth-order valence-corrected chi connectivity index (χ4v) is 4.45. The van der Waals surface area contributed by atoms with Crippen molar-refractivity contribution >= 4 is 16.6 Å². The second kappa shape index (κ2) is 6.89. The molecule has 2 aromatic rings. The lowest BCUT2D eigenvalue weighted by Gasteiger charge is -2.25. The van der Waals surface area contributed by atoms with Crippen LogP contribution < -0.4 is 22.0 Å². The van der Waals surface area contributed by atoms with Crippen LogP contribution in [0.5, 0.6) is 0 Å². The summed E-state index contributed by atoms with van der Waals surface area (Å²) in [5.74, 6) is 4.91. The van der Waals surface area contributed by atoms with Crippen LogP contribution in [0.1, 0.15) is 30.9 Å². The molecule has 2 aliphatic rings. The van der Waals surface area contributed by atoms with Crippen LogP contribution in [0.4, 0.5) is 10.1 Å². The normalized spacial score (nSPS) is 19.9. The molecule has 0 bridgehead atoms. The van der Waals surface area contributed by atoms with Crippen molar-refractivity contribution in [2.24, 2.45) is 11.8 Å². The number of benzene rings is 1. The lowest BCUT2D eigenvalue weighted by atomic mass is 9.93. The van der Waals surface area contributed by atoms with E-state index in [-0.39, 0.29) is 36.5 Å². The number of aliphatic hydroxyl groups excluding tert-OH is 2. The van der Waals surface area contributed by atoms with Crippen LogP contribution in [0.25, 0.3) is 10.9 Å². The van der Waals surface area contributed by atoms with Gasteiger partial charge in [-0.2, -0.15) is 4.68 Å². The number of nitrogen functional groups attached to an aromatic ring is 1. The third-order valence-corrected chi connectivity index (χ3v) is 6.15. The highest BCUT2D eigenvalue weighted by Crippen LogP contribution is 2.39. The van der Waals surface area contributed by atoms with Crippen molar-refractivity contribution in [2.45, 2.75) is 32.2 Å². The molecule has 0 radical (unpaired) electrons. The van der Waals surface area contributed by atoms with Gasteiger partial charge in [0.15, 0.2) is 0 Å². The molecule has 28 heavy (non-hydrogen) atoms. The zero-order valence-electron chi connectivity index (χ0n) is 15.8. The third kappa shape index (κ3) is 2.80. The minimum atomic E-state index is -0.703. The number of aliphatic hydroxyl groups is 2. The van der Waals surface area contributed by atoms with Gasteiger partial charge in [0.2, 0.25) is 0 Å². The molecule has 4 N–H and O–H groups in total. The fourth-order valence-electron chi connectivity index (χ4n) is 4.45. The first-order chi connectivity index (χ1) is 13.4. The summed E-state index contributed by atoms with van der Waals surface area (Å²) in [6, 6.07) is 1.15. The number of fused-ring (bicyclic) bond motifs is 1. The third-order valence-electron chi connectivity index (χ3n) is 6.15. The molecule has 9 heteroatoms. The summed E-state index contributed by atoms with van der Waals surface area (Å²) < 4.78 is 17.1. The van der Waals surface area contributed by atoms with Crippen molar-refractivity contribution in [1.82, 2.24) is 9.24 Å². The molecule has 0 spiro atoms. The van der Waals surface area contributed by atoms with Gasteiger partial charge in [0.25, 0.3) is 5.56 Å². The largest absolute Gasteiger partial charge is 0.396 e. The van der Waals surface area contributed by atoms with E-state index in [2.05, 4.69) is 0 Å². The zero-order chi connectivity index (χ0) is 20.2. The second-order valence-electron chi connectivity index (χ2n) is 7.91.